The van der Waals surface area contributed by atoms with Crippen LogP contribution in [0.4, 0.5) is 0 Å². The second-order valence-electron chi connectivity index (χ2n) is 3.15. The van der Waals surface area contributed by atoms with Crippen LogP contribution in [0.5, 0.6) is 11.8 Å². The lowest BCUT2D eigenvalue weighted by atomic mass is 10.4. The Labute approximate surface area is 110 Å². The van der Waals surface area contributed by atoms with Gasteiger partial charge in [0.05, 0.1) is 6.20 Å². The number of hydrogen-bond donors (Lipinski definition) is 2. The zero-order chi connectivity index (χ0) is 13.0. The Morgan fingerprint density at radius 2 is 2.28 bits per heavy atom. The SMILES string of the molecule is N/C(=N/O)c1ccnc(Oc2cncc(Br)c2)n1. The molecule has 0 unspecified atom stereocenters. The summed E-state index contributed by atoms with van der Waals surface area (Å²) in [6, 6.07) is 3.30. The summed E-state index contributed by atoms with van der Waals surface area (Å²) < 4.78 is 6.16. The lowest BCUT2D eigenvalue weighted by molar-refractivity contribution is 0.318. The zero-order valence-corrected chi connectivity index (χ0v) is 10.6. The van der Waals surface area contributed by atoms with E-state index >= 15 is 0 Å². The first-order chi connectivity index (χ1) is 8.69. The van der Waals surface area contributed by atoms with E-state index in [0.717, 1.165) is 4.47 Å². The Morgan fingerprint density at radius 1 is 1.44 bits per heavy atom. The van der Waals surface area contributed by atoms with Crippen molar-refractivity contribution in [3.8, 4) is 11.8 Å². The predicted molar refractivity (Wildman–Crippen MR) is 66.6 cm³/mol. The molecule has 92 valence electrons. The van der Waals surface area contributed by atoms with Crippen LogP contribution in [0, 0.1) is 0 Å². The molecule has 7 nitrogen and oxygen atoms in total. The van der Waals surface area contributed by atoms with Gasteiger partial charge >= 0.3 is 6.01 Å². The molecule has 0 bridgehead atoms. The summed E-state index contributed by atoms with van der Waals surface area (Å²) in [5.74, 6) is 0.357. The van der Waals surface area contributed by atoms with Gasteiger partial charge < -0.3 is 15.7 Å². The molecule has 8 heteroatoms. The Morgan fingerprint density at radius 3 is 3.00 bits per heavy atom. The highest BCUT2D eigenvalue weighted by atomic mass is 79.9. The Balaban J connectivity index is 2.24. The molecule has 0 fully saturated rings. The number of halogens is 1. The van der Waals surface area contributed by atoms with Gasteiger partial charge in [-0.3, -0.25) is 4.98 Å². The number of nitrogens with zero attached hydrogens (tertiary/aromatic N) is 4. The molecule has 18 heavy (non-hydrogen) atoms. The second kappa shape index (κ2) is 5.41. The summed E-state index contributed by atoms with van der Waals surface area (Å²) in [5, 5.41) is 11.4. The molecule has 0 amide bonds. The number of pyridine rings is 1. The fourth-order valence-corrected chi connectivity index (χ4v) is 1.48. The van der Waals surface area contributed by atoms with Crippen LogP contribution in [0.3, 0.4) is 0 Å². The van der Waals surface area contributed by atoms with Gasteiger partial charge in [-0.2, -0.15) is 4.98 Å². The van der Waals surface area contributed by atoms with Gasteiger partial charge in [0.25, 0.3) is 0 Å². The molecule has 2 aromatic heterocycles. The van der Waals surface area contributed by atoms with E-state index in [1.54, 1.807) is 12.3 Å². The van der Waals surface area contributed by atoms with Crippen LogP contribution >= 0.6 is 15.9 Å². The Bertz CT molecular complexity index is 590. The smallest absolute Gasteiger partial charge is 0.322 e. The average molecular weight is 310 g/mol. The first-order valence-electron chi connectivity index (χ1n) is 4.78. The third kappa shape index (κ3) is 2.92. The molecule has 0 aromatic carbocycles. The summed E-state index contributed by atoms with van der Waals surface area (Å²) >= 11 is 3.27. The fourth-order valence-electron chi connectivity index (χ4n) is 1.14. The molecule has 0 aliphatic heterocycles. The summed E-state index contributed by atoms with van der Waals surface area (Å²) in [4.78, 5) is 11.8. The van der Waals surface area contributed by atoms with Crippen molar-refractivity contribution < 1.29 is 9.94 Å². The van der Waals surface area contributed by atoms with Crippen LogP contribution in [-0.4, -0.2) is 26.0 Å². The molecule has 0 saturated heterocycles. The van der Waals surface area contributed by atoms with Crippen molar-refractivity contribution in [2.75, 3.05) is 0 Å². The van der Waals surface area contributed by atoms with Crippen molar-refractivity contribution in [2.24, 2.45) is 10.9 Å². The van der Waals surface area contributed by atoms with Crippen LogP contribution in [-0.2, 0) is 0 Å². The minimum atomic E-state index is -0.116. The number of amidine groups is 1. The number of hydrogen-bond acceptors (Lipinski definition) is 6. The molecule has 2 rings (SSSR count). The number of aromatic nitrogens is 3. The topological polar surface area (TPSA) is 107 Å². The first kappa shape index (κ1) is 12.2. The van der Waals surface area contributed by atoms with Gasteiger partial charge in [-0.05, 0) is 28.1 Å². The van der Waals surface area contributed by atoms with Crippen molar-refractivity contribution in [3.63, 3.8) is 0 Å². The van der Waals surface area contributed by atoms with E-state index in [2.05, 4.69) is 36.0 Å². The van der Waals surface area contributed by atoms with Gasteiger partial charge in [0.15, 0.2) is 11.6 Å². The maximum Gasteiger partial charge on any atom is 0.322 e. The van der Waals surface area contributed by atoms with E-state index < -0.39 is 0 Å². The van der Waals surface area contributed by atoms with E-state index in [1.165, 1.54) is 18.5 Å². The summed E-state index contributed by atoms with van der Waals surface area (Å²) in [6.45, 7) is 0. The minimum Gasteiger partial charge on any atom is -0.423 e. The predicted octanol–water partition coefficient (Wildman–Crippen LogP) is 1.52. The maximum atomic E-state index is 8.55. The van der Waals surface area contributed by atoms with Crippen LogP contribution in [0.2, 0.25) is 0 Å². The van der Waals surface area contributed by atoms with E-state index in [-0.39, 0.29) is 17.5 Å². The molecule has 0 spiro atoms. The van der Waals surface area contributed by atoms with E-state index in [9.17, 15) is 0 Å². The van der Waals surface area contributed by atoms with Crippen LogP contribution in [0.25, 0.3) is 0 Å². The lowest BCUT2D eigenvalue weighted by Crippen LogP contribution is -2.15. The van der Waals surface area contributed by atoms with Crippen molar-refractivity contribution in [3.05, 3.63) is 40.9 Å². The normalized spacial score (nSPS) is 11.3. The molecule has 0 radical (unpaired) electrons. The zero-order valence-electron chi connectivity index (χ0n) is 8.99. The number of nitrogens with two attached hydrogens (primary N) is 1. The third-order valence-corrected chi connectivity index (χ3v) is 2.33. The maximum absolute atomic E-state index is 8.55. The minimum absolute atomic E-state index is 0.0824. The molecule has 0 aliphatic rings. The van der Waals surface area contributed by atoms with E-state index in [4.69, 9.17) is 15.7 Å². The van der Waals surface area contributed by atoms with Crippen LogP contribution in [0.15, 0.2) is 40.4 Å². The first-order valence-corrected chi connectivity index (χ1v) is 5.57. The van der Waals surface area contributed by atoms with Crippen molar-refractivity contribution in [1.29, 1.82) is 0 Å². The second-order valence-corrected chi connectivity index (χ2v) is 4.07. The molecular weight excluding hydrogens is 302 g/mol. The Hall–Kier alpha value is -2.22. The van der Waals surface area contributed by atoms with Crippen molar-refractivity contribution in [1.82, 2.24) is 15.0 Å². The quantitative estimate of drug-likeness (QED) is 0.385. The molecule has 0 saturated carbocycles. The molecular formula is C10H8BrN5O2. The van der Waals surface area contributed by atoms with E-state index in [1.807, 2.05) is 0 Å². The average Bonchev–Trinajstić information content (AvgIpc) is 2.38. The number of oxime groups is 1. The molecule has 0 atom stereocenters. The van der Waals surface area contributed by atoms with Gasteiger partial charge in [-0.15, -0.1) is 0 Å². The summed E-state index contributed by atoms with van der Waals surface area (Å²) in [5.41, 5.74) is 5.68. The lowest BCUT2D eigenvalue weighted by Gasteiger charge is -2.04. The third-order valence-electron chi connectivity index (χ3n) is 1.89. The summed E-state index contributed by atoms with van der Waals surface area (Å²) in [7, 11) is 0. The monoisotopic (exact) mass is 309 g/mol. The Kier molecular flexibility index (Phi) is 3.68. The highest BCUT2D eigenvalue weighted by Gasteiger charge is 2.06. The largest absolute Gasteiger partial charge is 0.423 e. The highest BCUT2D eigenvalue weighted by molar-refractivity contribution is 9.10. The van der Waals surface area contributed by atoms with E-state index in [0.29, 0.717) is 5.75 Å². The standard InChI is InChI=1S/C10H8BrN5O2/c11-6-3-7(5-13-4-6)18-10-14-2-1-8(15-10)9(12)16-17/h1-5,17H,(H2,12,16). The van der Waals surface area contributed by atoms with Gasteiger partial charge in [0.2, 0.25) is 0 Å². The summed E-state index contributed by atoms with van der Waals surface area (Å²) in [6.07, 6.45) is 4.59. The molecule has 3 N–H and O–H groups in total. The highest BCUT2D eigenvalue weighted by Crippen LogP contribution is 2.20. The van der Waals surface area contributed by atoms with Gasteiger partial charge in [-0.1, -0.05) is 5.16 Å². The van der Waals surface area contributed by atoms with Gasteiger partial charge in [0.1, 0.15) is 5.69 Å². The molecule has 0 aliphatic carbocycles. The molecule has 2 heterocycles. The van der Waals surface area contributed by atoms with Gasteiger partial charge in [-0.25, -0.2) is 4.98 Å². The number of ether oxygens (including phenoxy) is 1. The van der Waals surface area contributed by atoms with Crippen molar-refractivity contribution >= 4 is 21.8 Å². The van der Waals surface area contributed by atoms with Crippen molar-refractivity contribution in [2.45, 2.75) is 0 Å². The fraction of sp³-hybridized carbons (Fsp3) is 0. The number of rotatable bonds is 3. The molecule has 2 aromatic rings. The van der Waals surface area contributed by atoms with Gasteiger partial charge in [0, 0.05) is 16.9 Å². The van der Waals surface area contributed by atoms with Crippen LogP contribution < -0.4 is 10.5 Å². The van der Waals surface area contributed by atoms with Crippen LogP contribution in [0.1, 0.15) is 5.69 Å².